The molecule has 0 saturated carbocycles. The maximum absolute atomic E-state index is 10.8. The molecule has 5 nitrogen and oxygen atoms in total. The fourth-order valence-electron chi connectivity index (χ4n) is 1.48. The Labute approximate surface area is 86.7 Å². The fourth-order valence-corrected chi connectivity index (χ4v) is 1.48. The predicted molar refractivity (Wildman–Crippen MR) is 53.3 cm³/mol. The van der Waals surface area contributed by atoms with Crippen LogP contribution in [0.15, 0.2) is 0 Å². The summed E-state index contributed by atoms with van der Waals surface area (Å²) in [7, 11) is 0. The summed E-state index contributed by atoms with van der Waals surface area (Å²) in [6.07, 6.45) is 0. The normalized spacial score (nSPS) is 12.5. The van der Waals surface area contributed by atoms with Crippen molar-refractivity contribution in [2.75, 3.05) is 0 Å². The standard InChI is InChI=1S/C10H13NO4/c1-4-5(2)8(10(14)15)11-7(4)6(3)9(12)13/h6,11H,1-3H3,(H,12,13)(H,14,15). The first kappa shape index (κ1) is 11.3. The SMILES string of the molecule is Cc1c(C(=O)O)[nH]c(C(C)C(=O)O)c1C. The molecule has 0 aliphatic rings. The summed E-state index contributed by atoms with van der Waals surface area (Å²) in [4.78, 5) is 24.2. The van der Waals surface area contributed by atoms with E-state index in [-0.39, 0.29) is 5.69 Å². The van der Waals surface area contributed by atoms with Gasteiger partial charge in [0.1, 0.15) is 5.69 Å². The molecule has 1 atom stereocenters. The van der Waals surface area contributed by atoms with Gasteiger partial charge in [0.15, 0.2) is 0 Å². The van der Waals surface area contributed by atoms with E-state index in [0.717, 1.165) is 0 Å². The van der Waals surface area contributed by atoms with Gasteiger partial charge in [-0.2, -0.15) is 0 Å². The summed E-state index contributed by atoms with van der Waals surface area (Å²) in [5.41, 5.74) is 1.81. The molecule has 0 spiro atoms. The molecule has 1 aromatic rings. The van der Waals surface area contributed by atoms with Gasteiger partial charge in [-0.1, -0.05) is 0 Å². The van der Waals surface area contributed by atoms with Crippen molar-refractivity contribution in [1.29, 1.82) is 0 Å². The lowest BCUT2D eigenvalue weighted by molar-refractivity contribution is -0.138. The second-order valence-corrected chi connectivity index (χ2v) is 3.53. The minimum absolute atomic E-state index is 0.0654. The summed E-state index contributed by atoms with van der Waals surface area (Å²) < 4.78 is 0. The van der Waals surface area contributed by atoms with Crippen LogP contribution in [0.5, 0.6) is 0 Å². The third-order valence-corrected chi connectivity index (χ3v) is 2.62. The quantitative estimate of drug-likeness (QED) is 0.706. The van der Waals surface area contributed by atoms with E-state index >= 15 is 0 Å². The third-order valence-electron chi connectivity index (χ3n) is 2.62. The van der Waals surface area contributed by atoms with Crippen molar-refractivity contribution >= 4 is 11.9 Å². The van der Waals surface area contributed by atoms with E-state index in [1.54, 1.807) is 13.8 Å². The van der Waals surface area contributed by atoms with Crippen LogP contribution in [-0.2, 0) is 4.79 Å². The molecule has 0 aliphatic carbocycles. The molecule has 1 rings (SSSR count). The van der Waals surface area contributed by atoms with Crippen LogP contribution in [0.25, 0.3) is 0 Å². The van der Waals surface area contributed by atoms with Crippen molar-refractivity contribution in [2.45, 2.75) is 26.7 Å². The van der Waals surface area contributed by atoms with Crippen LogP contribution in [0.2, 0.25) is 0 Å². The topological polar surface area (TPSA) is 90.4 Å². The molecule has 0 aromatic carbocycles. The highest BCUT2D eigenvalue weighted by Gasteiger charge is 2.23. The lowest BCUT2D eigenvalue weighted by atomic mass is 10.0. The highest BCUT2D eigenvalue weighted by molar-refractivity contribution is 5.88. The number of aromatic amines is 1. The number of aromatic carboxylic acids is 1. The monoisotopic (exact) mass is 211 g/mol. The molecule has 0 saturated heterocycles. The molecule has 0 bridgehead atoms. The van der Waals surface area contributed by atoms with E-state index < -0.39 is 17.9 Å². The van der Waals surface area contributed by atoms with Crippen molar-refractivity contribution in [2.24, 2.45) is 0 Å². The van der Waals surface area contributed by atoms with E-state index in [1.807, 2.05) is 0 Å². The van der Waals surface area contributed by atoms with Crippen LogP contribution in [0, 0.1) is 13.8 Å². The van der Waals surface area contributed by atoms with Gasteiger partial charge in [0.2, 0.25) is 0 Å². The zero-order valence-corrected chi connectivity index (χ0v) is 8.79. The Hall–Kier alpha value is -1.78. The van der Waals surface area contributed by atoms with E-state index in [0.29, 0.717) is 16.8 Å². The number of carbonyl (C=O) groups is 2. The average Bonchev–Trinajstić information content (AvgIpc) is 2.43. The lowest BCUT2D eigenvalue weighted by Gasteiger charge is -2.04. The van der Waals surface area contributed by atoms with Gasteiger partial charge in [-0.15, -0.1) is 0 Å². The zero-order chi connectivity index (χ0) is 11.7. The van der Waals surface area contributed by atoms with Gasteiger partial charge in [0.25, 0.3) is 0 Å². The van der Waals surface area contributed by atoms with Crippen LogP contribution in [0.1, 0.15) is 40.2 Å². The first-order valence-electron chi connectivity index (χ1n) is 4.51. The van der Waals surface area contributed by atoms with Crippen LogP contribution >= 0.6 is 0 Å². The average molecular weight is 211 g/mol. The third kappa shape index (κ3) is 1.86. The largest absolute Gasteiger partial charge is 0.481 e. The van der Waals surface area contributed by atoms with Gasteiger partial charge in [0.05, 0.1) is 5.92 Å². The van der Waals surface area contributed by atoms with Crippen molar-refractivity contribution in [3.05, 3.63) is 22.5 Å². The maximum atomic E-state index is 10.8. The molecule has 3 N–H and O–H groups in total. The smallest absolute Gasteiger partial charge is 0.352 e. The molecule has 1 unspecified atom stereocenters. The zero-order valence-electron chi connectivity index (χ0n) is 8.79. The lowest BCUT2D eigenvalue weighted by Crippen LogP contribution is -2.09. The first-order valence-corrected chi connectivity index (χ1v) is 4.51. The van der Waals surface area contributed by atoms with Crippen molar-refractivity contribution < 1.29 is 19.8 Å². The van der Waals surface area contributed by atoms with Crippen LogP contribution in [-0.4, -0.2) is 27.1 Å². The van der Waals surface area contributed by atoms with Gasteiger partial charge in [-0.05, 0) is 31.9 Å². The Balaban J connectivity index is 3.27. The molecular weight excluding hydrogens is 198 g/mol. The fraction of sp³-hybridized carbons (Fsp3) is 0.400. The van der Waals surface area contributed by atoms with Crippen molar-refractivity contribution in [1.82, 2.24) is 4.98 Å². The number of hydrogen-bond donors (Lipinski definition) is 3. The second-order valence-electron chi connectivity index (χ2n) is 3.53. The van der Waals surface area contributed by atoms with E-state index in [2.05, 4.69) is 4.98 Å². The number of H-pyrrole nitrogens is 1. The van der Waals surface area contributed by atoms with Gasteiger partial charge < -0.3 is 15.2 Å². The van der Waals surface area contributed by atoms with Crippen LogP contribution in [0.4, 0.5) is 0 Å². The predicted octanol–water partition coefficient (Wildman–Crippen LogP) is 1.52. The summed E-state index contributed by atoms with van der Waals surface area (Å²) >= 11 is 0. The Morgan fingerprint density at radius 2 is 1.73 bits per heavy atom. The van der Waals surface area contributed by atoms with Gasteiger partial charge in [-0.3, -0.25) is 4.79 Å². The molecule has 5 heteroatoms. The Morgan fingerprint density at radius 3 is 2.07 bits per heavy atom. The Morgan fingerprint density at radius 1 is 1.20 bits per heavy atom. The Kier molecular flexibility index (Phi) is 2.83. The number of rotatable bonds is 3. The van der Waals surface area contributed by atoms with Crippen molar-refractivity contribution in [3.63, 3.8) is 0 Å². The molecule has 1 heterocycles. The Bertz CT molecular complexity index is 419. The number of carboxylic acid groups (broad SMARTS) is 2. The minimum Gasteiger partial charge on any atom is -0.481 e. The molecule has 0 amide bonds. The summed E-state index contributed by atoms with van der Waals surface area (Å²) in [5.74, 6) is -2.77. The number of aliphatic carboxylic acids is 1. The summed E-state index contributed by atoms with van der Waals surface area (Å²) in [6.45, 7) is 4.90. The van der Waals surface area contributed by atoms with E-state index in [1.165, 1.54) is 6.92 Å². The number of nitrogens with one attached hydrogen (secondary N) is 1. The molecule has 0 aliphatic heterocycles. The summed E-state index contributed by atoms with van der Waals surface area (Å²) in [6, 6.07) is 0. The van der Waals surface area contributed by atoms with E-state index in [4.69, 9.17) is 10.2 Å². The number of hydrogen-bond acceptors (Lipinski definition) is 2. The van der Waals surface area contributed by atoms with Gasteiger partial charge >= 0.3 is 11.9 Å². The molecule has 82 valence electrons. The van der Waals surface area contributed by atoms with Gasteiger partial charge in [0, 0.05) is 5.69 Å². The summed E-state index contributed by atoms with van der Waals surface area (Å²) in [5, 5.41) is 17.7. The minimum atomic E-state index is -1.07. The maximum Gasteiger partial charge on any atom is 0.352 e. The molecule has 0 fully saturated rings. The molecular formula is C10H13NO4. The molecule has 15 heavy (non-hydrogen) atoms. The number of carboxylic acids is 2. The van der Waals surface area contributed by atoms with Crippen LogP contribution < -0.4 is 0 Å². The highest BCUT2D eigenvalue weighted by atomic mass is 16.4. The van der Waals surface area contributed by atoms with E-state index in [9.17, 15) is 9.59 Å². The molecule has 0 radical (unpaired) electrons. The number of aromatic nitrogens is 1. The second kappa shape index (κ2) is 3.76. The van der Waals surface area contributed by atoms with Crippen molar-refractivity contribution in [3.8, 4) is 0 Å². The van der Waals surface area contributed by atoms with Crippen LogP contribution in [0.3, 0.4) is 0 Å². The molecule has 1 aromatic heterocycles. The highest BCUT2D eigenvalue weighted by Crippen LogP contribution is 2.24. The van der Waals surface area contributed by atoms with Gasteiger partial charge in [-0.25, -0.2) is 4.79 Å². The first-order chi connectivity index (χ1) is 6.86.